The van der Waals surface area contributed by atoms with Gasteiger partial charge >= 0.3 is 29.6 Å². The normalized spacial score (nSPS) is 12.3. The predicted octanol–water partition coefficient (Wildman–Crippen LogP) is -0.249. The molecule has 0 aromatic heterocycles. The summed E-state index contributed by atoms with van der Waals surface area (Å²) in [4.78, 5) is 11.6. The van der Waals surface area contributed by atoms with Gasteiger partial charge in [0.25, 0.3) is 0 Å². The van der Waals surface area contributed by atoms with Crippen molar-refractivity contribution in [2.75, 3.05) is 0 Å². The van der Waals surface area contributed by atoms with Crippen LogP contribution in [0.3, 0.4) is 0 Å². The molecule has 5 nitrogen and oxygen atoms in total. The standard InChI is InChI=1S/C20H14O5.Na/c21-11-5-7-15-17(9-11)25-18-10-12(22)6-8-16(18)19(15)13-3-1-2-4-14(13)20(23)24;/h1-10,19,21-22H,(H,23,24);/q;+1/p-1. The van der Waals surface area contributed by atoms with E-state index in [1.165, 1.54) is 30.3 Å². The third-order valence-corrected chi connectivity index (χ3v) is 4.33. The van der Waals surface area contributed by atoms with Crippen molar-refractivity contribution in [1.82, 2.24) is 0 Å². The molecule has 26 heavy (non-hydrogen) atoms. The molecular weight excluding hydrogens is 343 g/mol. The molecule has 6 heteroatoms. The molecule has 3 aromatic carbocycles. The van der Waals surface area contributed by atoms with Crippen LogP contribution < -0.4 is 39.4 Å². The zero-order chi connectivity index (χ0) is 17.6. The minimum atomic E-state index is -1.26. The summed E-state index contributed by atoms with van der Waals surface area (Å²) < 4.78 is 5.81. The molecule has 2 N–H and O–H groups in total. The van der Waals surface area contributed by atoms with Gasteiger partial charge in [0.1, 0.15) is 23.0 Å². The van der Waals surface area contributed by atoms with Crippen molar-refractivity contribution in [3.63, 3.8) is 0 Å². The Kier molecular flexibility index (Phi) is 4.96. The van der Waals surface area contributed by atoms with Crippen molar-refractivity contribution >= 4 is 5.97 Å². The number of rotatable bonds is 2. The number of carboxylic acids is 1. The molecule has 1 aliphatic rings. The van der Waals surface area contributed by atoms with Gasteiger partial charge in [0.2, 0.25) is 0 Å². The number of carbonyl (C=O) groups excluding carboxylic acids is 1. The van der Waals surface area contributed by atoms with Gasteiger partial charge in [-0.1, -0.05) is 36.4 Å². The van der Waals surface area contributed by atoms with E-state index in [4.69, 9.17) is 4.74 Å². The summed E-state index contributed by atoms with van der Waals surface area (Å²) in [6.45, 7) is 0. The number of ether oxygens (including phenoxy) is 1. The summed E-state index contributed by atoms with van der Waals surface area (Å²) in [5.74, 6) is -0.784. The van der Waals surface area contributed by atoms with Gasteiger partial charge in [-0.05, 0) is 17.7 Å². The topological polar surface area (TPSA) is 89.8 Å². The summed E-state index contributed by atoms with van der Waals surface area (Å²) in [7, 11) is 0. The number of aromatic carboxylic acids is 1. The molecule has 0 bridgehead atoms. The minimum absolute atomic E-state index is 0. The van der Waals surface area contributed by atoms with Crippen molar-refractivity contribution in [3.8, 4) is 23.0 Å². The molecule has 1 heterocycles. The maximum atomic E-state index is 11.6. The Morgan fingerprint density at radius 3 is 1.92 bits per heavy atom. The Balaban J connectivity index is 0.00000196. The zero-order valence-electron chi connectivity index (χ0n) is 14.0. The molecule has 0 unspecified atom stereocenters. The first kappa shape index (κ1) is 18.3. The summed E-state index contributed by atoms with van der Waals surface area (Å²) in [6, 6.07) is 16.0. The van der Waals surface area contributed by atoms with Crippen LogP contribution in [0.2, 0.25) is 0 Å². The van der Waals surface area contributed by atoms with Crippen LogP contribution in [-0.2, 0) is 0 Å². The molecule has 0 saturated carbocycles. The molecule has 3 aromatic rings. The molecule has 0 aliphatic carbocycles. The molecule has 0 atom stereocenters. The van der Waals surface area contributed by atoms with E-state index < -0.39 is 11.9 Å². The Hall–Kier alpha value is -2.47. The van der Waals surface area contributed by atoms with Gasteiger partial charge in [0, 0.05) is 34.7 Å². The number of fused-ring (bicyclic) bond motifs is 2. The van der Waals surface area contributed by atoms with E-state index in [0.717, 1.165) is 11.1 Å². The van der Waals surface area contributed by atoms with Crippen LogP contribution in [0.25, 0.3) is 0 Å². The van der Waals surface area contributed by atoms with Gasteiger partial charge in [-0.15, -0.1) is 0 Å². The molecular formula is C20H13NaO5. The van der Waals surface area contributed by atoms with Crippen LogP contribution in [0, 0.1) is 0 Å². The van der Waals surface area contributed by atoms with Crippen LogP contribution in [0.4, 0.5) is 0 Å². The van der Waals surface area contributed by atoms with Gasteiger partial charge in [0.15, 0.2) is 0 Å². The minimum Gasteiger partial charge on any atom is -0.545 e. The first-order valence-corrected chi connectivity index (χ1v) is 7.68. The molecule has 1 aliphatic heterocycles. The second kappa shape index (κ2) is 7.03. The third-order valence-electron chi connectivity index (χ3n) is 4.33. The second-order valence-electron chi connectivity index (χ2n) is 5.85. The van der Waals surface area contributed by atoms with E-state index in [-0.39, 0.29) is 46.6 Å². The first-order chi connectivity index (χ1) is 12.0. The van der Waals surface area contributed by atoms with Gasteiger partial charge < -0.3 is 24.9 Å². The van der Waals surface area contributed by atoms with Gasteiger partial charge in [-0.3, -0.25) is 0 Å². The van der Waals surface area contributed by atoms with Crippen LogP contribution in [-0.4, -0.2) is 16.2 Å². The van der Waals surface area contributed by atoms with Crippen LogP contribution >= 0.6 is 0 Å². The number of aromatic hydroxyl groups is 2. The van der Waals surface area contributed by atoms with Gasteiger partial charge in [0.05, 0.1) is 5.97 Å². The maximum Gasteiger partial charge on any atom is 1.00 e. The van der Waals surface area contributed by atoms with Crippen LogP contribution in [0.1, 0.15) is 33.0 Å². The molecule has 0 saturated heterocycles. The number of phenolic OH excluding ortho intramolecular Hbond substituents is 2. The number of phenols is 2. The third kappa shape index (κ3) is 3.05. The average Bonchev–Trinajstić information content (AvgIpc) is 2.59. The molecule has 0 spiro atoms. The van der Waals surface area contributed by atoms with E-state index >= 15 is 0 Å². The Labute approximate surface area is 171 Å². The smallest absolute Gasteiger partial charge is 0.545 e. The Morgan fingerprint density at radius 1 is 0.846 bits per heavy atom. The van der Waals surface area contributed by atoms with Crippen molar-refractivity contribution in [1.29, 1.82) is 0 Å². The van der Waals surface area contributed by atoms with Crippen molar-refractivity contribution in [2.45, 2.75) is 5.92 Å². The first-order valence-electron chi connectivity index (χ1n) is 7.68. The SMILES string of the molecule is O=C([O-])c1ccccc1C1c2ccc(O)cc2Oc2cc(O)ccc21.[Na+]. The number of benzene rings is 3. The summed E-state index contributed by atoms with van der Waals surface area (Å²) in [5.41, 5.74) is 2.10. The molecule has 0 radical (unpaired) electrons. The van der Waals surface area contributed by atoms with E-state index in [2.05, 4.69) is 0 Å². The van der Waals surface area contributed by atoms with E-state index in [9.17, 15) is 20.1 Å². The van der Waals surface area contributed by atoms with Crippen molar-refractivity contribution in [2.24, 2.45) is 0 Å². The van der Waals surface area contributed by atoms with Crippen LogP contribution in [0.5, 0.6) is 23.0 Å². The quantitative estimate of drug-likeness (QED) is 0.484. The Bertz CT molecular complexity index is 948. The van der Waals surface area contributed by atoms with E-state index in [0.29, 0.717) is 17.1 Å². The monoisotopic (exact) mass is 356 g/mol. The van der Waals surface area contributed by atoms with Crippen LogP contribution in [0.15, 0.2) is 60.7 Å². The number of hydrogen-bond donors (Lipinski definition) is 2. The number of carboxylic acid groups (broad SMARTS) is 1. The van der Waals surface area contributed by atoms with Crippen molar-refractivity contribution in [3.05, 3.63) is 82.9 Å². The average molecular weight is 356 g/mol. The molecule has 0 fully saturated rings. The molecule has 124 valence electrons. The second-order valence-corrected chi connectivity index (χ2v) is 5.85. The fraction of sp³-hybridized carbons (Fsp3) is 0.0500. The van der Waals surface area contributed by atoms with Crippen molar-refractivity contribution < 1.29 is 54.4 Å². The van der Waals surface area contributed by atoms with Gasteiger partial charge in [-0.25, -0.2) is 0 Å². The Morgan fingerprint density at radius 2 is 1.38 bits per heavy atom. The van der Waals surface area contributed by atoms with E-state index in [1.807, 2.05) is 0 Å². The summed E-state index contributed by atoms with van der Waals surface area (Å²) >= 11 is 0. The predicted molar refractivity (Wildman–Crippen MR) is 88.0 cm³/mol. The zero-order valence-corrected chi connectivity index (χ0v) is 16.0. The van der Waals surface area contributed by atoms with Gasteiger partial charge in [-0.2, -0.15) is 0 Å². The number of carbonyl (C=O) groups is 1. The number of hydrogen-bond acceptors (Lipinski definition) is 5. The largest absolute Gasteiger partial charge is 1.00 e. The fourth-order valence-electron chi connectivity index (χ4n) is 3.26. The fourth-order valence-corrected chi connectivity index (χ4v) is 3.26. The maximum absolute atomic E-state index is 11.6. The summed E-state index contributed by atoms with van der Waals surface area (Å²) in [6.07, 6.45) is 0. The molecule has 0 amide bonds. The molecule has 4 rings (SSSR count). The summed E-state index contributed by atoms with van der Waals surface area (Å²) in [5, 5.41) is 31.1. The van der Waals surface area contributed by atoms with E-state index in [1.54, 1.807) is 30.3 Å².